The number of fused-ring (bicyclic) bond motifs is 2. The summed E-state index contributed by atoms with van der Waals surface area (Å²) in [6.07, 6.45) is 1.04. The number of hydrogen-bond donors (Lipinski definition) is 1. The van der Waals surface area contributed by atoms with Crippen LogP contribution >= 0.6 is 11.3 Å². The van der Waals surface area contributed by atoms with Gasteiger partial charge in [0.05, 0.1) is 30.0 Å². The van der Waals surface area contributed by atoms with Crippen molar-refractivity contribution in [3.63, 3.8) is 0 Å². The number of thiazole rings is 1. The van der Waals surface area contributed by atoms with Crippen LogP contribution in [0.5, 0.6) is 5.75 Å². The van der Waals surface area contributed by atoms with E-state index in [1.165, 1.54) is 22.3 Å². The van der Waals surface area contributed by atoms with Crippen molar-refractivity contribution in [2.75, 3.05) is 38.2 Å². The monoisotopic (exact) mass is 461 g/mol. The molecule has 6 nitrogen and oxygen atoms in total. The van der Waals surface area contributed by atoms with Gasteiger partial charge in [-0.1, -0.05) is 47.7 Å². The second-order valence-corrected chi connectivity index (χ2v) is 9.25. The minimum Gasteiger partial charge on any atom is -0.494 e. The highest BCUT2D eigenvalue weighted by atomic mass is 32.1. The van der Waals surface area contributed by atoms with Gasteiger partial charge in [0.1, 0.15) is 5.75 Å². The Labute approximate surface area is 197 Å². The van der Waals surface area contributed by atoms with Crippen LogP contribution in [-0.4, -0.2) is 48.7 Å². The lowest BCUT2D eigenvalue weighted by atomic mass is 10.1. The topological polar surface area (TPSA) is 63.7 Å². The van der Waals surface area contributed by atoms with Crippen LogP contribution in [0.15, 0.2) is 60.7 Å². The predicted molar refractivity (Wildman–Crippen MR) is 133 cm³/mol. The van der Waals surface area contributed by atoms with Crippen LogP contribution in [0, 0.1) is 0 Å². The van der Waals surface area contributed by atoms with Gasteiger partial charge in [-0.05, 0) is 47.0 Å². The molecule has 1 N–H and O–H groups in total. The Balaban J connectivity index is 1.10. The zero-order chi connectivity index (χ0) is 22.5. The minimum atomic E-state index is -0.0373. The molecule has 1 fully saturated rings. The third kappa shape index (κ3) is 5.68. The van der Waals surface area contributed by atoms with Crippen molar-refractivity contribution in [3.8, 4) is 5.75 Å². The van der Waals surface area contributed by atoms with Crippen molar-refractivity contribution in [1.82, 2.24) is 9.88 Å². The van der Waals surface area contributed by atoms with Crippen LogP contribution in [0.1, 0.15) is 18.4 Å². The Morgan fingerprint density at radius 1 is 1.06 bits per heavy atom. The normalized spacial score (nSPS) is 14.5. The van der Waals surface area contributed by atoms with E-state index in [4.69, 9.17) is 9.47 Å². The molecular formula is C26H27N3O3S. The lowest BCUT2D eigenvalue weighted by Crippen LogP contribution is -2.35. The highest BCUT2D eigenvalue weighted by Crippen LogP contribution is 2.27. The van der Waals surface area contributed by atoms with E-state index in [9.17, 15) is 4.79 Å². The molecule has 0 atom stereocenters. The molecule has 1 saturated heterocycles. The Morgan fingerprint density at radius 2 is 1.91 bits per heavy atom. The molecular weight excluding hydrogens is 434 g/mol. The highest BCUT2D eigenvalue weighted by Gasteiger charge is 2.13. The maximum Gasteiger partial charge on any atom is 0.226 e. The van der Waals surface area contributed by atoms with Crippen LogP contribution in [0.2, 0.25) is 0 Å². The quantitative estimate of drug-likeness (QED) is 0.371. The molecule has 0 bridgehead atoms. The fourth-order valence-electron chi connectivity index (χ4n) is 4.00. The number of amides is 1. The van der Waals surface area contributed by atoms with Crippen molar-refractivity contribution < 1.29 is 14.3 Å². The molecule has 1 aromatic heterocycles. The number of carbonyl (C=O) groups excluding carboxylic acids is 1. The largest absolute Gasteiger partial charge is 0.494 e. The molecule has 1 aliphatic rings. The molecule has 0 unspecified atom stereocenters. The molecule has 0 radical (unpaired) electrons. The van der Waals surface area contributed by atoms with Crippen LogP contribution < -0.4 is 10.1 Å². The summed E-state index contributed by atoms with van der Waals surface area (Å²) in [7, 11) is 0. The molecule has 3 aromatic carbocycles. The van der Waals surface area contributed by atoms with Gasteiger partial charge in [-0.15, -0.1) is 0 Å². The van der Waals surface area contributed by atoms with Crippen LogP contribution in [0.25, 0.3) is 21.0 Å². The van der Waals surface area contributed by atoms with Gasteiger partial charge in [-0.25, -0.2) is 4.98 Å². The number of aromatic nitrogens is 1. The Morgan fingerprint density at radius 3 is 2.79 bits per heavy atom. The third-order valence-corrected chi connectivity index (χ3v) is 6.68. The maximum absolute atomic E-state index is 12.4. The van der Waals surface area contributed by atoms with Crippen molar-refractivity contribution in [2.45, 2.75) is 19.4 Å². The molecule has 5 rings (SSSR count). The molecule has 0 saturated carbocycles. The van der Waals surface area contributed by atoms with Crippen LogP contribution in [-0.2, 0) is 16.1 Å². The molecule has 1 amide bonds. The van der Waals surface area contributed by atoms with Gasteiger partial charge in [0, 0.05) is 26.1 Å². The minimum absolute atomic E-state index is 0.0373. The number of anilines is 1. The van der Waals surface area contributed by atoms with Crippen molar-refractivity contribution in [1.29, 1.82) is 0 Å². The van der Waals surface area contributed by atoms with Gasteiger partial charge in [0.15, 0.2) is 5.13 Å². The number of rotatable bonds is 8. The fourth-order valence-corrected chi connectivity index (χ4v) is 4.95. The molecule has 170 valence electrons. The van der Waals surface area contributed by atoms with E-state index in [2.05, 4.69) is 45.5 Å². The Kier molecular flexibility index (Phi) is 6.81. The number of carbonyl (C=O) groups is 1. The number of benzene rings is 3. The SMILES string of the molecule is O=C(CCCOc1ccc2ccccc2c1)Nc1nc2ccc(CN3CCOCC3)cc2s1. The summed E-state index contributed by atoms with van der Waals surface area (Å²) in [4.78, 5) is 19.4. The molecule has 2 heterocycles. The first-order chi connectivity index (χ1) is 16.2. The predicted octanol–water partition coefficient (Wildman–Crippen LogP) is 5.08. The zero-order valence-electron chi connectivity index (χ0n) is 18.5. The summed E-state index contributed by atoms with van der Waals surface area (Å²) in [6.45, 7) is 4.93. The van der Waals surface area contributed by atoms with Gasteiger partial charge < -0.3 is 14.8 Å². The van der Waals surface area contributed by atoms with E-state index in [1.807, 2.05) is 30.3 Å². The van der Waals surface area contributed by atoms with E-state index in [0.717, 1.165) is 54.2 Å². The summed E-state index contributed by atoms with van der Waals surface area (Å²) in [5, 5.41) is 5.93. The summed E-state index contributed by atoms with van der Waals surface area (Å²) in [5.41, 5.74) is 2.18. The lowest BCUT2D eigenvalue weighted by Gasteiger charge is -2.26. The standard InChI is InChI=1S/C26H27N3O3S/c30-25(6-3-13-32-22-9-8-20-4-1-2-5-21(20)17-22)28-26-27-23-10-7-19(16-24(23)33-26)18-29-11-14-31-15-12-29/h1-2,4-5,7-10,16-17H,3,6,11-15,18H2,(H,27,28,30). The van der Waals surface area contributed by atoms with Crippen molar-refractivity contribution >= 4 is 43.4 Å². The fraction of sp³-hybridized carbons (Fsp3) is 0.308. The second-order valence-electron chi connectivity index (χ2n) is 8.22. The smallest absolute Gasteiger partial charge is 0.226 e. The first-order valence-corrected chi connectivity index (χ1v) is 12.2. The highest BCUT2D eigenvalue weighted by molar-refractivity contribution is 7.22. The number of nitrogens with zero attached hydrogens (tertiary/aromatic N) is 2. The average Bonchev–Trinajstić information content (AvgIpc) is 3.24. The molecule has 4 aromatic rings. The average molecular weight is 462 g/mol. The van der Waals surface area contributed by atoms with E-state index in [1.54, 1.807) is 0 Å². The van der Waals surface area contributed by atoms with Crippen LogP contribution in [0.4, 0.5) is 5.13 Å². The molecule has 7 heteroatoms. The van der Waals surface area contributed by atoms with Crippen molar-refractivity contribution in [2.24, 2.45) is 0 Å². The summed E-state index contributed by atoms with van der Waals surface area (Å²) in [5.74, 6) is 0.790. The summed E-state index contributed by atoms with van der Waals surface area (Å²) in [6, 6.07) is 20.6. The van der Waals surface area contributed by atoms with E-state index >= 15 is 0 Å². The van der Waals surface area contributed by atoms with Gasteiger partial charge in [0.2, 0.25) is 5.91 Å². The molecule has 0 spiro atoms. The summed E-state index contributed by atoms with van der Waals surface area (Å²) < 4.78 is 12.3. The number of ether oxygens (including phenoxy) is 2. The van der Waals surface area contributed by atoms with E-state index in [-0.39, 0.29) is 5.91 Å². The van der Waals surface area contributed by atoms with Gasteiger partial charge in [0.25, 0.3) is 0 Å². The number of hydrogen-bond acceptors (Lipinski definition) is 6. The Bertz CT molecular complexity index is 1250. The zero-order valence-corrected chi connectivity index (χ0v) is 19.3. The Hall–Kier alpha value is -3.00. The first kappa shape index (κ1) is 21.8. The molecule has 0 aliphatic carbocycles. The van der Waals surface area contributed by atoms with E-state index in [0.29, 0.717) is 24.6 Å². The molecule has 1 aliphatic heterocycles. The number of morpholine rings is 1. The van der Waals surface area contributed by atoms with Gasteiger partial charge in [-0.3, -0.25) is 9.69 Å². The maximum atomic E-state index is 12.4. The third-order valence-electron chi connectivity index (χ3n) is 5.75. The van der Waals surface area contributed by atoms with Crippen LogP contribution in [0.3, 0.4) is 0 Å². The summed E-state index contributed by atoms with van der Waals surface area (Å²) >= 11 is 1.52. The molecule has 33 heavy (non-hydrogen) atoms. The van der Waals surface area contributed by atoms with Crippen molar-refractivity contribution in [3.05, 3.63) is 66.2 Å². The van der Waals surface area contributed by atoms with E-state index < -0.39 is 0 Å². The first-order valence-electron chi connectivity index (χ1n) is 11.3. The number of nitrogens with one attached hydrogen (secondary N) is 1. The van der Waals surface area contributed by atoms with Gasteiger partial charge in [-0.2, -0.15) is 0 Å². The second kappa shape index (κ2) is 10.3. The van der Waals surface area contributed by atoms with Gasteiger partial charge >= 0.3 is 0 Å². The lowest BCUT2D eigenvalue weighted by molar-refractivity contribution is -0.116.